The van der Waals surface area contributed by atoms with Gasteiger partial charge in [-0.1, -0.05) is 13.3 Å². The largest absolute Gasteiger partial charge is 0.508 e. The molecule has 108 valence electrons. The molecule has 1 unspecified atom stereocenters. The van der Waals surface area contributed by atoms with Crippen molar-refractivity contribution >= 4 is 0 Å². The maximum absolute atomic E-state index is 11.4. The summed E-state index contributed by atoms with van der Waals surface area (Å²) in [6.07, 6.45) is 1.26. The van der Waals surface area contributed by atoms with Crippen LogP contribution in [-0.4, -0.2) is 25.3 Å². The zero-order chi connectivity index (χ0) is 14.7. The molecule has 20 heavy (non-hydrogen) atoms. The first-order chi connectivity index (χ1) is 9.52. The molecule has 0 aliphatic heterocycles. The Labute approximate surface area is 115 Å². The van der Waals surface area contributed by atoms with Crippen molar-refractivity contribution in [3.8, 4) is 11.5 Å². The van der Waals surface area contributed by atoms with Crippen molar-refractivity contribution in [1.82, 2.24) is 9.97 Å². The van der Waals surface area contributed by atoms with Crippen molar-refractivity contribution in [2.75, 3.05) is 0 Å². The van der Waals surface area contributed by atoms with E-state index in [0.717, 1.165) is 12.8 Å². The molecule has 0 aliphatic rings. The van der Waals surface area contributed by atoms with E-state index >= 15 is 0 Å². The molecule has 0 bridgehead atoms. The van der Waals surface area contributed by atoms with Crippen molar-refractivity contribution in [2.45, 2.75) is 32.3 Å². The van der Waals surface area contributed by atoms with Gasteiger partial charge >= 0.3 is 5.69 Å². The predicted molar refractivity (Wildman–Crippen MR) is 73.9 cm³/mol. The summed E-state index contributed by atoms with van der Waals surface area (Å²) >= 11 is 0. The van der Waals surface area contributed by atoms with Gasteiger partial charge in [0.25, 0.3) is 0 Å². The molecule has 0 spiro atoms. The fraction of sp³-hybridized carbons (Fsp3) is 0.357. The van der Waals surface area contributed by atoms with Crippen LogP contribution in [0.15, 0.2) is 23.0 Å². The molecule has 1 heterocycles. The summed E-state index contributed by atoms with van der Waals surface area (Å²) in [7, 11) is 0. The van der Waals surface area contributed by atoms with Crippen LogP contribution in [0, 0.1) is 0 Å². The molecule has 1 aromatic carbocycles. The molecule has 0 fully saturated rings. The van der Waals surface area contributed by atoms with Crippen LogP contribution in [0.25, 0.3) is 0 Å². The summed E-state index contributed by atoms with van der Waals surface area (Å²) in [6.45, 7) is 2.03. The van der Waals surface area contributed by atoms with E-state index in [0.29, 0.717) is 17.8 Å². The van der Waals surface area contributed by atoms with Gasteiger partial charge in [-0.05, 0) is 31.0 Å². The number of aryl methyl sites for hydroxylation is 1. The highest BCUT2D eigenvalue weighted by atomic mass is 16.3. The van der Waals surface area contributed by atoms with Crippen LogP contribution in [0.2, 0.25) is 0 Å². The van der Waals surface area contributed by atoms with Gasteiger partial charge in [-0.3, -0.25) is 0 Å². The summed E-state index contributed by atoms with van der Waals surface area (Å²) < 4.78 is 0. The summed E-state index contributed by atoms with van der Waals surface area (Å²) in [5.74, 6) is -0.205. The number of phenols is 2. The van der Waals surface area contributed by atoms with Gasteiger partial charge in [0, 0.05) is 11.3 Å². The van der Waals surface area contributed by atoms with Crippen LogP contribution >= 0.6 is 0 Å². The highest BCUT2D eigenvalue weighted by Crippen LogP contribution is 2.32. The molecule has 1 aromatic heterocycles. The standard InChI is InChI=1S/C14H18N2O4/c1-2-3-4-10-12(16-14(20)15-10)13(19)9-7-8(17)5-6-11(9)18/h5-7,13,17-19H,2-4H2,1H3,(H2,15,16,20). The highest BCUT2D eigenvalue weighted by Gasteiger charge is 2.21. The first-order valence-corrected chi connectivity index (χ1v) is 6.54. The minimum Gasteiger partial charge on any atom is -0.508 e. The molecule has 0 saturated carbocycles. The topological polar surface area (TPSA) is 109 Å². The molecule has 2 aromatic rings. The highest BCUT2D eigenvalue weighted by molar-refractivity contribution is 5.43. The summed E-state index contributed by atoms with van der Waals surface area (Å²) in [6, 6.07) is 3.89. The Kier molecular flexibility index (Phi) is 4.14. The average molecular weight is 278 g/mol. The second-order valence-corrected chi connectivity index (χ2v) is 4.72. The van der Waals surface area contributed by atoms with E-state index in [9.17, 15) is 20.1 Å². The maximum Gasteiger partial charge on any atom is 0.323 e. The van der Waals surface area contributed by atoms with Gasteiger partial charge < -0.3 is 25.3 Å². The minimum absolute atomic E-state index is 0.0650. The van der Waals surface area contributed by atoms with Gasteiger partial charge in [0.1, 0.15) is 17.6 Å². The molecule has 5 N–H and O–H groups in total. The fourth-order valence-corrected chi connectivity index (χ4v) is 2.13. The van der Waals surface area contributed by atoms with Gasteiger partial charge in [-0.15, -0.1) is 0 Å². The van der Waals surface area contributed by atoms with Crippen molar-refractivity contribution < 1.29 is 15.3 Å². The number of hydrogen-bond acceptors (Lipinski definition) is 4. The number of unbranched alkanes of at least 4 members (excludes halogenated alkanes) is 1. The van der Waals surface area contributed by atoms with Crippen molar-refractivity contribution in [3.63, 3.8) is 0 Å². The van der Waals surface area contributed by atoms with E-state index in [1.165, 1.54) is 18.2 Å². The lowest BCUT2D eigenvalue weighted by molar-refractivity contribution is 0.209. The Balaban J connectivity index is 2.39. The zero-order valence-corrected chi connectivity index (χ0v) is 11.2. The number of rotatable bonds is 5. The van der Waals surface area contributed by atoms with Gasteiger partial charge in [0.05, 0.1) is 5.69 Å². The quantitative estimate of drug-likeness (QED) is 0.534. The van der Waals surface area contributed by atoms with E-state index in [-0.39, 0.29) is 17.1 Å². The smallest absolute Gasteiger partial charge is 0.323 e. The van der Waals surface area contributed by atoms with Crippen LogP contribution < -0.4 is 5.69 Å². The third-order valence-electron chi connectivity index (χ3n) is 3.20. The minimum atomic E-state index is -1.20. The number of H-pyrrole nitrogens is 2. The van der Waals surface area contributed by atoms with E-state index in [2.05, 4.69) is 9.97 Å². The maximum atomic E-state index is 11.4. The number of aromatic amines is 2. The number of hydrogen-bond donors (Lipinski definition) is 5. The molecule has 0 aliphatic carbocycles. The molecular formula is C14H18N2O4. The third kappa shape index (κ3) is 2.85. The number of benzene rings is 1. The van der Waals surface area contributed by atoms with E-state index in [1.54, 1.807) is 0 Å². The lowest BCUT2D eigenvalue weighted by Gasteiger charge is -2.13. The molecule has 1 atom stereocenters. The number of phenolic OH excluding ortho intramolecular Hbond substituents is 2. The Morgan fingerprint density at radius 1 is 1.25 bits per heavy atom. The summed E-state index contributed by atoms with van der Waals surface area (Å²) in [4.78, 5) is 16.6. The fourth-order valence-electron chi connectivity index (χ4n) is 2.13. The normalized spacial score (nSPS) is 12.5. The van der Waals surface area contributed by atoms with Crippen molar-refractivity contribution in [1.29, 1.82) is 0 Å². The van der Waals surface area contributed by atoms with Crippen LogP contribution in [0.5, 0.6) is 11.5 Å². The van der Waals surface area contributed by atoms with Crippen molar-refractivity contribution in [2.24, 2.45) is 0 Å². The average Bonchev–Trinajstić information content (AvgIpc) is 2.79. The first-order valence-electron chi connectivity index (χ1n) is 6.54. The molecule has 0 radical (unpaired) electrons. The third-order valence-corrected chi connectivity index (χ3v) is 3.20. The first kappa shape index (κ1) is 14.2. The number of aromatic nitrogens is 2. The second kappa shape index (κ2) is 5.83. The van der Waals surface area contributed by atoms with Gasteiger partial charge in [-0.25, -0.2) is 4.79 Å². The number of aliphatic hydroxyl groups is 1. The second-order valence-electron chi connectivity index (χ2n) is 4.72. The molecule has 6 heteroatoms. The van der Waals surface area contributed by atoms with E-state index in [1.807, 2.05) is 6.92 Å². The molecular weight excluding hydrogens is 260 g/mol. The van der Waals surface area contributed by atoms with Gasteiger partial charge in [-0.2, -0.15) is 0 Å². The van der Waals surface area contributed by atoms with Gasteiger partial charge in [0.2, 0.25) is 0 Å². The Hall–Kier alpha value is -2.21. The Morgan fingerprint density at radius 3 is 2.70 bits per heavy atom. The Morgan fingerprint density at radius 2 is 2.00 bits per heavy atom. The van der Waals surface area contributed by atoms with Gasteiger partial charge in [0.15, 0.2) is 0 Å². The molecule has 2 rings (SSSR count). The number of aromatic hydroxyl groups is 2. The van der Waals surface area contributed by atoms with Crippen LogP contribution in [0.4, 0.5) is 0 Å². The number of imidazole rings is 1. The zero-order valence-electron chi connectivity index (χ0n) is 11.2. The predicted octanol–water partition coefficient (Wildman–Crippen LogP) is 1.54. The van der Waals surface area contributed by atoms with Crippen LogP contribution in [0.1, 0.15) is 42.8 Å². The SMILES string of the molecule is CCCCc1[nH]c(=O)[nH]c1C(O)c1cc(O)ccc1O. The summed E-state index contributed by atoms with van der Waals surface area (Å²) in [5, 5.41) is 29.5. The molecule has 6 nitrogen and oxygen atoms in total. The van der Waals surface area contributed by atoms with Crippen LogP contribution in [0.3, 0.4) is 0 Å². The number of nitrogens with one attached hydrogen (secondary N) is 2. The molecule has 0 saturated heterocycles. The molecule has 0 amide bonds. The van der Waals surface area contributed by atoms with E-state index < -0.39 is 11.8 Å². The summed E-state index contributed by atoms with van der Waals surface area (Å²) in [5.41, 5.74) is 0.694. The van der Waals surface area contributed by atoms with Crippen molar-refractivity contribution in [3.05, 3.63) is 45.6 Å². The van der Waals surface area contributed by atoms with E-state index in [4.69, 9.17) is 0 Å². The number of aliphatic hydroxyl groups excluding tert-OH is 1. The lowest BCUT2D eigenvalue weighted by atomic mass is 10.0. The lowest BCUT2D eigenvalue weighted by Crippen LogP contribution is -2.06. The van der Waals surface area contributed by atoms with Crippen LogP contribution in [-0.2, 0) is 6.42 Å². The Bertz CT molecular complexity index is 645. The monoisotopic (exact) mass is 278 g/mol.